The van der Waals surface area contributed by atoms with Gasteiger partial charge < -0.3 is 10.3 Å². The van der Waals surface area contributed by atoms with Gasteiger partial charge in [-0.3, -0.25) is 4.79 Å². The van der Waals surface area contributed by atoms with Gasteiger partial charge in [-0.2, -0.15) is 0 Å². The topological polar surface area (TPSA) is 57.8 Å². The number of hydrogen-bond acceptors (Lipinski definition) is 3. The van der Waals surface area contributed by atoms with Gasteiger partial charge in [0, 0.05) is 15.2 Å². The number of nitrogens with one attached hydrogen (secondary N) is 2. The lowest BCUT2D eigenvalue weighted by Gasteiger charge is -2.06. The molecule has 2 N–H and O–H groups in total. The van der Waals surface area contributed by atoms with Gasteiger partial charge in [-0.15, -0.1) is 0 Å². The van der Waals surface area contributed by atoms with Gasteiger partial charge in [-0.1, -0.05) is 45.4 Å². The van der Waals surface area contributed by atoms with Crippen molar-refractivity contribution in [2.24, 2.45) is 0 Å². The van der Waals surface area contributed by atoms with Crippen molar-refractivity contribution in [1.29, 1.82) is 0 Å². The summed E-state index contributed by atoms with van der Waals surface area (Å²) in [6, 6.07) is 11.3. The fraction of sp³-hybridized carbons (Fsp3) is 0.125. The fourth-order valence-electron chi connectivity index (χ4n) is 2.03. The highest BCUT2D eigenvalue weighted by Gasteiger charge is 2.08. The molecule has 0 bridgehead atoms. The second-order valence-corrected chi connectivity index (χ2v) is 7.29. The number of aryl methyl sites for hydroxylation is 1. The lowest BCUT2D eigenvalue weighted by atomic mass is 10.2. The molecule has 23 heavy (non-hydrogen) atoms. The number of benzene rings is 2. The van der Waals surface area contributed by atoms with Crippen molar-refractivity contribution in [3.63, 3.8) is 0 Å². The van der Waals surface area contributed by atoms with Gasteiger partial charge in [-0.05, 0) is 42.8 Å². The summed E-state index contributed by atoms with van der Waals surface area (Å²) in [7, 11) is 0. The molecule has 1 heterocycles. The lowest BCUT2D eigenvalue weighted by molar-refractivity contribution is -0.113. The van der Waals surface area contributed by atoms with Crippen LogP contribution in [0.3, 0.4) is 0 Å². The molecule has 0 spiro atoms. The molecule has 2 aromatic carbocycles. The highest BCUT2D eigenvalue weighted by molar-refractivity contribution is 9.10. The molecule has 0 atom stereocenters. The van der Waals surface area contributed by atoms with Crippen LogP contribution >= 0.6 is 39.3 Å². The van der Waals surface area contributed by atoms with E-state index in [4.69, 9.17) is 11.6 Å². The van der Waals surface area contributed by atoms with Gasteiger partial charge in [-0.25, -0.2) is 4.98 Å². The summed E-state index contributed by atoms with van der Waals surface area (Å²) in [4.78, 5) is 19.7. The third-order valence-electron chi connectivity index (χ3n) is 3.22. The zero-order valence-corrected chi connectivity index (χ0v) is 15.3. The number of hydrogen-bond donors (Lipinski definition) is 2. The second-order valence-electron chi connectivity index (χ2n) is 5.00. The molecule has 0 saturated heterocycles. The Morgan fingerprint density at radius 1 is 1.35 bits per heavy atom. The van der Waals surface area contributed by atoms with Crippen LogP contribution in [-0.4, -0.2) is 21.6 Å². The molecule has 0 aliphatic carbocycles. The number of carbonyl (C=O) groups excluding carboxylic acids is 1. The Balaban J connectivity index is 1.62. The Hall–Kier alpha value is -1.50. The normalized spacial score (nSPS) is 10.9. The number of aromatic nitrogens is 2. The lowest BCUT2D eigenvalue weighted by Crippen LogP contribution is -2.14. The first-order valence-corrected chi connectivity index (χ1v) is 9.01. The van der Waals surface area contributed by atoms with Gasteiger partial charge in [0.05, 0.1) is 16.8 Å². The average molecular weight is 411 g/mol. The standard InChI is InChI=1S/C16H13BrClN3OS/c1-9-2-4-11(7-12(9)18)19-15(22)8-23-16-20-13-5-3-10(17)6-14(13)21-16/h2-7H,8H2,1H3,(H,19,22)(H,20,21). The number of amides is 1. The van der Waals surface area contributed by atoms with Crippen molar-refractivity contribution in [1.82, 2.24) is 9.97 Å². The summed E-state index contributed by atoms with van der Waals surface area (Å²) in [5.41, 5.74) is 3.49. The van der Waals surface area contributed by atoms with E-state index in [1.54, 1.807) is 6.07 Å². The van der Waals surface area contributed by atoms with Crippen LogP contribution in [0, 0.1) is 6.92 Å². The average Bonchev–Trinajstić information content (AvgIpc) is 2.91. The van der Waals surface area contributed by atoms with E-state index < -0.39 is 0 Å². The Labute approximate surface area is 151 Å². The predicted octanol–water partition coefficient (Wildman–Crippen LogP) is 5.02. The summed E-state index contributed by atoms with van der Waals surface area (Å²) < 4.78 is 0.985. The molecule has 3 rings (SSSR count). The van der Waals surface area contributed by atoms with E-state index in [9.17, 15) is 4.79 Å². The van der Waals surface area contributed by atoms with E-state index in [0.29, 0.717) is 10.7 Å². The maximum absolute atomic E-state index is 12.0. The summed E-state index contributed by atoms with van der Waals surface area (Å²) >= 11 is 10.8. The Bertz CT molecular complexity index is 881. The number of carbonyl (C=O) groups is 1. The summed E-state index contributed by atoms with van der Waals surface area (Å²) in [5, 5.41) is 4.18. The molecule has 0 radical (unpaired) electrons. The second kappa shape index (κ2) is 6.95. The van der Waals surface area contributed by atoms with Crippen LogP contribution in [-0.2, 0) is 4.79 Å². The molecule has 7 heteroatoms. The van der Waals surface area contributed by atoms with Crippen LogP contribution in [0.5, 0.6) is 0 Å². The van der Waals surface area contributed by atoms with E-state index in [0.717, 1.165) is 26.2 Å². The number of fused-ring (bicyclic) bond motifs is 1. The quantitative estimate of drug-likeness (QED) is 0.594. The zero-order valence-electron chi connectivity index (χ0n) is 12.2. The SMILES string of the molecule is Cc1ccc(NC(=O)CSc2nc3ccc(Br)cc3[nH]2)cc1Cl. The van der Waals surface area contributed by atoms with E-state index in [-0.39, 0.29) is 11.7 Å². The summed E-state index contributed by atoms with van der Waals surface area (Å²) in [6.07, 6.45) is 0. The third kappa shape index (κ3) is 4.07. The number of H-pyrrole nitrogens is 1. The molecule has 1 aromatic heterocycles. The maximum Gasteiger partial charge on any atom is 0.234 e. The van der Waals surface area contributed by atoms with Crippen LogP contribution in [0.2, 0.25) is 5.02 Å². The van der Waals surface area contributed by atoms with E-state index in [2.05, 4.69) is 31.2 Å². The van der Waals surface area contributed by atoms with Crippen LogP contribution in [0.4, 0.5) is 5.69 Å². The van der Waals surface area contributed by atoms with Gasteiger partial charge in [0.2, 0.25) is 5.91 Å². The predicted molar refractivity (Wildman–Crippen MR) is 99.3 cm³/mol. The minimum Gasteiger partial charge on any atom is -0.333 e. The monoisotopic (exact) mass is 409 g/mol. The molecule has 0 unspecified atom stereocenters. The molecular weight excluding hydrogens is 398 g/mol. The molecule has 1 amide bonds. The number of aromatic amines is 1. The Morgan fingerprint density at radius 2 is 2.17 bits per heavy atom. The molecule has 0 fully saturated rings. The summed E-state index contributed by atoms with van der Waals surface area (Å²) in [6.45, 7) is 1.92. The van der Waals surface area contributed by atoms with Crippen molar-refractivity contribution in [2.75, 3.05) is 11.1 Å². The molecule has 0 aliphatic heterocycles. The van der Waals surface area contributed by atoms with Gasteiger partial charge in [0.25, 0.3) is 0 Å². The molecule has 118 valence electrons. The highest BCUT2D eigenvalue weighted by atomic mass is 79.9. The number of nitrogens with zero attached hydrogens (tertiary/aromatic N) is 1. The van der Waals surface area contributed by atoms with Crippen LogP contribution < -0.4 is 5.32 Å². The van der Waals surface area contributed by atoms with Crippen LogP contribution in [0.25, 0.3) is 11.0 Å². The van der Waals surface area contributed by atoms with E-state index in [1.165, 1.54) is 11.8 Å². The number of rotatable bonds is 4. The number of imidazole rings is 1. The molecule has 0 saturated carbocycles. The zero-order chi connectivity index (χ0) is 16.4. The van der Waals surface area contributed by atoms with Crippen molar-refractivity contribution in [3.05, 3.63) is 51.5 Å². The van der Waals surface area contributed by atoms with E-state index in [1.807, 2.05) is 37.3 Å². The Kier molecular flexibility index (Phi) is 4.94. The first kappa shape index (κ1) is 16.4. The van der Waals surface area contributed by atoms with Crippen LogP contribution in [0.1, 0.15) is 5.56 Å². The smallest absolute Gasteiger partial charge is 0.234 e. The number of anilines is 1. The minimum atomic E-state index is -0.100. The highest BCUT2D eigenvalue weighted by Crippen LogP contribution is 2.23. The molecule has 4 nitrogen and oxygen atoms in total. The van der Waals surface area contributed by atoms with Gasteiger partial charge in [0.1, 0.15) is 0 Å². The van der Waals surface area contributed by atoms with Crippen molar-refractivity contribution in [3.8, 4) is 0 Å². The van der Waals surface area contributed by atoms with Gasteiger partial charge in [0.15, 0.2) is 5.16 Å². The van der Waals surface area contributed by atoms with Crippen molar-refractivity contribution in [2.45, 2.75) is 12.1 Å². The van der Waals surface area contributed by atoms with Crippen molar-refractivity contribution < 1.29 is 4.79 Å². The molecular formula is C16H13BrClN3OS. The Morgan fingerprint density at radius 3 is 2.96 bits per heavy atom. The van der Waals surface area contributed by atoms with Gasteiger partial charge >= 0.3 is 0 Å². The van der Waals surface area contributed by atoms with Crippen molar-refractivity contribution >= 4 is 61.9 Å². The fourth-order valence-corrected chi connectivity index (χ4v) is 3.26. The number of halogens is 2. The largest absolute Gasteiger partial charge is 0.333 e. The molecule has 0 aliphatic rings. The van der Waals surface area contributed by atoms with E-state index >= 15 is 0 Å². The maximum atomic E-state index is 12.0. The van der Waals surface area contributed by atoms with Crippen LogP contribution in [0.15, 0.2) is 46.0 Å². The summed E-state index contributed by atoms with van der Waals surface area (Å²) in [5.74, 6) is 0.170. The number of thioether (sulfide) groups is 1. The third-order valence-corrected chi connectivity index (χ3v) is 4.99. The minimum absolute atomic E-state index is 0.100. The first-order chi connectivity index (χ1) is 11.0. The first-order valence-electron chi connectivity index (χ1n) is 6.85. The molecule has 3 aromatic rings.